The number of rotatable bonds is 8. The van der Waals surface area contributed by atoms with Crippen molar-refractivity contribution in [3.8, 4) is 11.5 Å². The van der Waals surface area contributed by atoms with Gasteiger partial charge in [-0.2, -0.15) is 8.42 Å². The molecule has 0 spiro atoms. The molecule has 0 aliphatic rings. The Morgan fingerprint density at radius 2 is 0.941 bits per heavy atom. The first kappa shape index (κ1) is 23.9. The van der Waals surface area contributed by atoms with Gasteiger partial charge >= 0.3 is 10.1 Å². The van der Waals surface area contributed by atoms with E-state index in [1.807, 2.05) is 85.8 Å². The first-order valence-electron chi connectivity index (χ1n) is 10.6. The van der Waals surface area contributed by atoms with E-state index in [4.69, 9.17) is 13.1 Å². The Balaban J connectivity index is 1.99. The van der Waals surface area contributed by atoms with Crippen LogP contribution < -0.4 is 9.47 Å². The fraction of sp³-hybridized carbons (Fsp3) is 0.111. The Morgan fingerprint density at radius 3 is 1.38 bits per heavy atom. The van der Waals surface area contributed by atoms with Gasteiger partial charge in [0.1, 0.15) is 11.5 Å². The summed E-state index contributed by atoms with van der Waals surface area (Å²) in [5, 5.41) is 0. The number of benzene rings is 4. The summed E-state index contributed by atoms with van der Waals surface area (Å²) >= 11 is 0. The topological polar surface area (TPSA) is 61.8 Å². The van der Waals surface area contributed by atoms with Crippen molar-refractivity contribution in [3.05, 3.63) is 109 Å². The molecule has 5 nitrogen and oxygen atoms in total. The van der Waals surface area contributed by atoms with Crippen LogP contribution in [0.1, 0.15) is 5.56 Å². The van der Waals surface area contributed by atoms with Crippen LogP contribution in [-0.2, 0) is 13.7 Å². The zero-order valence-corrected chi connectivity index (χ0v) is 20.8. The zero-order valence-electron chi connectivity index (χ0n) is 19.2. The number of hydrogen-bond acceptors (Lipinski definition) is 5. The molecule has 0 aliphatic heterocycles. The maximum Gasteiger partial charge on any atom is 0.307 e. The molecular formula is C27H26O5S2. The van der Waals surface area contributed by atoms with Crippen molar-refractivity contribution < 1.29 is 21.5 Å². The standard InChI is InChI=1S/C27H26O5S2/c1-21-9-15-27(16-10-21)34(28,29)32-33(24-7-5-4-6-8-24,25-17-11-22(30-2)12-18-25)26-19-13-23(31-3)14-20-26/h4-20H,1-3H3. The lowest BCUT2D eigenvalue weighted by molar-refractivity contribution is 0.414. The van der Waals surface area contributed by atoms with E-state index in [0.717, 1.165) is 20.2 Å². The highest BCUT2D eigenvalue weighted by molar-refractivity contribution is 8.33. The lowest BCUT2D eigenvalue weighted by Crippen LogP contribution is -2.14. The van der Waals surface area contributed by atoms with Gasteiger partial charge in [-0.25, -0.2) is 3.63 Å². The second-order valence-corrected chi connectivity index (χ2v) is 12.0. The largest absolute Gasteiger partial charge is 0.497 e. The third kappa shape index (κ3) is 4.68. The highest BCUT2D eigenvalue weighted by Crippen LogP contribution is 2.70. The van der Waals surface area contributed by atoms with Gasteiger partial charge in [-0.15, -0.1) is 0 Å². The summed E-state index contributed by atoms with van der Waals surface area (Å²) in [4.78, 5) is 2.30. The first-order valence-corrected chi connectivity index (χ1v) is 13.5. The lowest BCUT2D eigenvalue weighted by Gasteiger charge is -2.39. The molecule has 0 heterocycles. The quantitative estimate of drug-likeness (QED) is 0.276. The maximum atomic E-state index is 13.7. The minimum Gasteiger partial charge on any atom is -0.497 e. The Morgan fingerprint density at radius 1 is 0.529 bits per heavy atom. The predicted octanol–water partition coefficient (Wildman–Crippen LogP) is 6.61. The van der Waals surface area contributed by atoms with Crippen molar-refractivity contribution in [3.63, 3.8) is 0 Å². The molecular weight excluding hydrogens is 468 g/mol. The molecule has 0 aliphatic carbocycles. The number of hydrogen-bond donors (Lipinski definition) is 0. The fourth-order valence-corrected chi connectivity index (χ4v) is 8.75. The minimum atomic E-state index is -4.14. The molecule has 7 heteroatoms. The third-order valence-electron chi connectivity index (χ3n) is 5.36. The predicted molar refractivity (Wildman–Crippen MR) is 134 cm³/mol. The van der Waals surface area contributed by atoms with Crippen LogP contribution in [0.25, 0.3) is 0 Å². The monoisotopic (exact) mass is 494 g/mol. The Kier molecular flexibility index (Phi) is 6.97. The normalized spacial score (nSPS) is 12.2. The highest BCUT2D eigenvalue weighted by atomic mass is 32.3. The van der Waals surface area contributed by atoms with Crippen molar-refractivity contribution in [2.45, 2.75) is 26.5 Å². The number of aryl methyl sites for hydroxylation is 1. The third-order valence-corrected chi connectivity index (χ3v) is 10.5. The number of ether oxygens (including phenoxy) is 2. The van der Waals surface area contributed by atoms with Gasteiger partial charge in [-0.05, 0) is 90.0 Å². The summed E-state index contributed by atoms with van der Waals surface area (Å²) in [5.74, 6) is 1.34. The van der Waals surface area contributed by atoms with Crippen molar-refractivity contribution >= 4 is 20.4 Å². The summed E-state index contributed by atoms with van der Waals surface area (Å²) in [6, 6.07) is 30.8. The molecule has 176 valence electrons. The molecule has 4 rings (SSSR count). The van der Waals surface area contributed by atoms with Crippen LogP contribution >= 0.6 is 10.3 Å². The molecule has 0 radical (unpaired) electrons. The Hall–Kier alpha value is -3.26. The molecule has 4 aromatic rings. The summed E-state index contributed by atoms with van der Waals surface area (Å²) in [6.45, 7) is 1.91. The van der Waals surface area contributed by atoms with E-state index in [0.29, 0.717) is 11.5 Å². The Bertz CT molecular complexity index is 1290. The lowest BCUT2D eigenvalue weighted by atomic mass is 10.2. The van der Waals surface area contributed by atoms with Gasteiger partial charge in [-0.1, -0.05) is 35.9 Å². The first-order chi connectivity index (χ1) is 16.4. The molecule has 0 unspecified atom stereocenters. The van der Waals surface area contributed by atoms with Crippen LogP contribution in [0.5, 0.6) is 11.5 Å². The summed E-state index contributed by atoms with van der Waals surface area (Å²) in [5.41, 5.74) is 0.964. The highest BCUT2D eigenvalue weighted by Gasteiger charge is 2.38. The molecule has 0 bridgehead atoms. The van der Waals surface area contributed by atoms with E-state index < -0.39 is 20.4 Å². The van der Waals surface area contributed by atoms with Gasteiger partial charge in [0.2, 0.25) is 0 Å². The maximum absolute atomic E-state index is 13.7. The fourth-order valence-electron chi connectivity index (χ4n) is 3.55. The van der Waals surface area contributed by atoms with E-state index in [1.54, 1.807) is 38.5 Å². The molecule has 34 heavy (non-hydrogen) atoms. The van der Waals surface area contributed by atoms with Gasteiger partial charge in [0.15, 0.2) is 0 Å². The molecule has 4 aromatic carbocycles. The second kappa shape index (κ2) is 9.93. The van der Waals surface area contributed by atoms with Crippen molar-refractivity contribution in [1.29, 1.82) is 0 Å². The van der Waals surface area contributed by atoms with Crippen molar-refractivity contribution in [2.75, 3.05) is 14.2 Å². The van der Waals surface area contributed by atoms with Crippen LogP contribution in [0.15, 0.2) is 123 Å². The zero-order chi connectivity index (χ0) is 24.2. The molecule has 0 N–H and O–H groups in total. The van der Waals surface area contributed by atoms with Crippen molar-refractivity contribution in [2.24, 2.45) is 0 Å². The molecule has 0 fully saturated rings. The van der Waals surface area contributed by atoms with Gasteiger partial charge in [0.25, 0.3) is 0 Å². The molecule has 0 amide bonds. The minimum absolute atomic E-state index is 0.105. The van der Waals surface area contributed by atoms with Gasteiger partial charge in [0.05, 0.1) is 19.1 Å². The van der Waals surface area contributed by atoms with Crippen LogP contribution in [0.4, 0.5) is 0 Å². The van der Waals surface area contributed by atoms with Crippen molar-refractivity contribution in [1.82, 2.24) is 0 Å². The van der Waals surface area contributed by atoms with E-state index in [9.17, 15) is 8.42 Å². The molecule has 0 saturated carbocycles. The molecule has 0 atom stereocenters. The van der Waals surface area contributed by atoms with Crippen LogP contribution in [0, 0.1) is 6.92 Å². The van der Waals surface area contributed by atoms with E-state index in [-0.39, 0.29) is 4.90 Å². The SMILES string of the molecule is COc1ccc(S(OS(=O)(=O)c2ccc(C)cc2)(c2ccccc2)c2ccc(OC)cc2)cc1. The smallest absolute Gasteiger partial charge is 0.307 e. The molecule has 0 aromatic heterocycles. The van der Waals surface area contributed by atoms with E-state index >= 15 is 0 Å². The van der Waals surface area contributed by atoms with Gasteiger partial charge in [0, 0.05) is 14.7 Å². The van der Waals surface area contributed by atoms with Gasteiger partial charge < -0.3 is 9.47 Å². The summed E-state index contributed by atoms with van der Waals surface area (Å²) < 4.78 is 44.4. The molecule has 0 saturated heterocycles. The summed E-state index contributed by atoms with van der Waals surface area (Å²) in [6.07, 6.45) is 0. The average Bonchev–Trinajstić information content (AvgIpc) is 2.88. The summed E-state index contributed by atoms with van der Waals surface area (Å²) in [7, 11) is -3.65. The van der Waals surface area contributed by atoms with E-state index in [2.05, 4.69) is 0 Å². The Labute approximate surface area is 202 Å². The average molecular weight is 495 g/mol. The van der Waals surface area contributed by atoms with Crippen LogP contribution in [0.2, 0.25) is 0 Å². The van der Waals surface area contributed by atoms with Gasteiger partial charge in [-0.3, -0.25) is 0 Å². The second-order valence-electron chi connectivity index (χ2n) is 7.56. The van der Waals surface area contributed by atoms with E-state index in [1.165, 1.54) is 0 Å². The van der Waals surface area contributed by atoms with Crippen LogP contribution in [-0.4, -0.2) is 22.6 Å². The number of methoxy groups -OCH3 is 2. The van der Waals surface area contributed by atoms with Crippen LogP contribution in [0.3, 0.4) is 0 Å².